The van der Waals surface area contributed by atoms with Crippen molar-refractivity contribution in [2.24, 2.45) is 10.9 Å². The van der Waals surface area contributed by atoms with E-state index >= 15 is 0 Å². The lowest BCUT2D eigenvalue weighted by atomic mass is 9.86. The standard InChI is InChI=1S/C20H36N2/c1-2-4-6-10-14-19(13-9-5-3-1)20-15-11-7-8-12-16-21-17-18-22-20/h1,3,16,19-20,22H,2,4-15,17-18H2/b3-1-,21-16-. The molecule has 0 fully saturated rings. The Morgan fingerprint density at radius 3 is 2.36 bits per heavy atom. The Morgan fingerprint density at radius 2 is 1.45 bits per heavy atom. The largest absolute Gasteiger partial charge is 0.312 e. The maximum absolute atomic E-state index is 4.53. The molecule has 2 unspecified atom stereocenters. The van der Waals surface area contributed by atoms with Crippen LogP contribution in [0.1, 0.15) is 83.5 Å². The fraction of sp³-hybridized carbons (Fsp3) is 0.850. The van der Waals surface area contributed by atoms with Crippen molar-refractivity contribution in [3.8, 4) is 0 Å². The zero-order chi connectivity index (χ0) is 15.3. The van der Waals surface area contributed by atoms with Gasteiger partial charge in [-0.25, -0.2) is 0 Å². The highest BCUT2D eigenvalue weighted by molar-refractivity contribution is 5.56. The van der Waals surface area contributed by atoms with Crippen molar-refractivity contribution in [2.45, 2.75) is 89.5 Å². The third-order valence-corrected chi connectivity index (χ3v) is 5.25. The normalized spacial score (nSPS) is 33.1. The van der Waals surface area contributed by atoms with Gasteiger partial charge in [0, 0.05) is 12.6 Å². The predicted octanol–water partition coefficient (Wildman–Crippen LogP) is 5.29. The Balaban J connectivity index is 1.87. The van der Waals surface area contributed by atoms with E-state index in [2.05, 4.69) is 28.7 Å². The molecule has 2 aliphatic rings. The van der Waals surface area contributed by atoms with Crippen molar-refractivity contribution in [2.75, 3.05) is 13.1 Å². The summed E-state index contributed by atoms with van der Waals surface area (Å²) in [6.07, 6.45) is 24.6. The van der Waals surface area contributed by atoms with Gasteiger partial charge in [0.25, 0.3) is 0 Å². The third-order valence-electron chi connectivity index (χ3n) is 5.25. The Kier molecular flexibility index (Phi) is 9.56. The topological polar surface area (TPSA) is 24.4 Å². The fourth-order valence-corrected chi connectivity index (χ4v) is 3.90. The summed E-state index contributed by atoms with van der Waals surface area (Å²) < 4.78 is 0. The molecule has 22 heavy (non-hydrogen) atoms. The molecule has 1 N–H and O–H groups in total. The van der Waals surface area contributed by atoms with Crippen LogP contribution in [-0.2, 0) is 0 Å². The zero-order valence-electron chi connectivity index (χ0n) is 14.4. The average Bonchev–Trinajstić information content (AvgIpc) is 2.64. The first-order valence-corrected chi connectivity index (χ1v) is 9.83. The van der Waals surface area contributed by atoms with Gasteiger partial charge in [-0.15, -0.1) is 0 Å². The minimum atomic E-state index is 0.734. The van der Waals surface area contributed by atoms with Gasteiger partial charge in [0.2, 0.25) is 0 Å². The zero-order valence-corrected chi connectivity index (χ0v) is 14.4. The van der Waals surface area contributed by atoms with Crippen LogP contribution in [0.25, 0.3) is 0 Å². The monoisotopic (exact) mass is 304 g/mol. The minimum Gasteiger partial charge on any atom is -0.312 e. The summed E-state index contributed by atoms with van der Waals surface area (Å²) in [6.45, 7) is 2.03. The molecule has 0 aromatic rings. The molecule has 0 amide bonds. The summed E-state index contributed by atoms with van der Waals surface area (Å²) >= 11 is 0. The molecule has 0 aromatic heterocycles. The van der Waals surface area contributed by atoms with E-state index in [0.29, 0.717) is 0 Å². The van der Waals surface area contributed by atoms with Gasteiger partial charge in [0.05, 0.1) is 6.54 Å². The number of nitrogens with one attached hydrogen (secondary N) is 1. The van der Waals surface area contributed by atoms with Crippen LogP contribution >= 0.6 is 0 Å². The van der Waals surface area contributed by atoms with Gasteiger partial charge < -0.3 is 5.32 Å². The average molecular weight is 305 g/mol. The quantitative estimate of drug-likeness (QED) is 0.654. The van der Waals surface area contributed by atoms with E-state index in [4.69, 9.17) is 0 Å². The van der Waals surface area contributed by atoms with Crippen LogP contribution < -0.4 is 5.32 Å². The highest BCUT2D eigenvalue weighted by atomic mass is 14.9. The van der Waals surface area contributed by atoms with Gasteiger partial charge in [-0.1, -0.05) is 37.8 Å². The molecule has 2 rings (SSSR count). The summed E-state index contributed by atoms with van der Waals surface area (Å²) in [5.74, 6) is 0.885. The van der Waals surface area contributed by atoms with Crippen LogP contribution in [0.4, 0.5) is 0 Å². The van der Waals surface area contributed by atoms with Gasteiger partial charge in [0.1, 0.15) is 0 Å². The summed E-state index contributed by atoms with van der Waals surface area (Å²) in [5.41, 5.74) is 0. The number of aliphatic imine (C=N–C) groups is 1. The van der Waals surface area contributed by atoms with E-state index in [1.54, 1.807) is 0 Å². The lowest BCUT2D eigenvalue weighted by Crippen LogP contribution is -2.38. The minimum absolute atomic E-state index is 0.734. The van der Waals surface area contributed by atoms with Crippen LogP contribution in [0.3, 0.4) is 0 Å². The van der Waals surface area contributed by atoms with Crippen molar-refractivity contribution in [3.63, 3.8) is 0 Å². The van der Waals surface area contributed by atoms with Gasteiger partial charge in [0.15, 0.2) is 0 Å². The van der Waals surface area contributed by atoms with Crippen LogP contribution in [-0.4, -0.2) is 25.3 Å². The maximum atomic E-state index is 4.53. The van der Waals surface area contributed by atoms with E-state index in [1.165, 1.54) is 83.5 Å². The lowest BCUT2D eigenvalue weighted by Gasteiger charge is -2.28. The third kappa shape index (κ3) is 7.58. The van der Waals surface area contributed by atoms with Gasteiger partial charge in [-0.2, -0.15) is 0 Å². The Labute approximate surface area is 137 Å². The van der Waals surface area contributed by atoms with Gasteiger partial charge in [-0.05, 0) is 69.9 Å². The Morgan fingerprint density at radius 1 is 0.727 bits per heavy atom. The number of rotatable bonds is 1. The highest BCUT2D eigenvalue weighted by Gasteiger charge is 2.20. The Bertz CT molecular complexity index is 290. The molecular weight excluding hydrogens is 268 g/mol. The van der Waals surface area contributed by atoms with E-state index in [0.717, 1.165) is 25.0 Å². The van der Waals surface area contributed by atoms with E-state index in [-0.39, 0.29) is 0 Å². The van der Waals surface area contributed by atoms with Crippen molar-refractivity contribution >= 4 is 6.21 Å². The van der Waals surface area contributed by atoms with Crippen LogP contribution in [0.5, 0.6) is 0 Å². The molecule has 0 saturated carbocycles. The van der Waals surface area contributed by atoms with Gasteiger partial charge >= 0.3 is 0 Å². The first-order valence-electron chi connectivity index (χ1n) is 9.83. The Hall–Kier alpha value is -0.630. The first-order chi connectivity index (χ1) is 11.0. The molecule has 0 saturated heterocycles. The first kappa shape index (κ1) is 17.7. The van der Waals surface area contributed by atoms with E-state index in [1.807, 2.05) is 0 Å². The molecular formula is C20H36N2. The molecule has 2 atom stereocenters. The van der Waals surface area contributed by atoms with Crippen molar-refractivity contribution in [1.82, 2.24) is 5.32 Å². The molecule has 1 heterocycles. The summed E-state index contributed by atoms with van der Waals surface area (Å²) in [6, 6.07) is 0.734. The lowest BCUT2D eigenvalue weighted by molar-refractivity contribution is 0.285. The molecule has 2 nitrogen and oxygen atoms in total. The maximum Gasteiger partial charge on any atom is 0.0510 e. The fourth-order valence-electron chi connectivity index (χ4n) is 3.90. The predicted molar refractivity (Wildman–Crippen MR) is 97.8 cm³/mol. The molecule has 126 valence electrons. The molecule has 2 heteroatoms. The van der Waals surface area contributed by atoms with Crippen LogP contribution in [0, 0.1) is 5.92 Å². The molecule has 1 aliphatic carbocycles. The molecule has 0 aromatic carbocycles. The van der Waals surface area contributed by atoms with Crippen molar-refractivity contribution in [1.29, 1.82) is 0 Å². The number of nitrogens with zero attached hydrogens (tertiary/aromatic N) is 1. The number of hydrogen-bond acceptors (Lipinski definition) is 2. The van der Waals surface area contributed by atoms with Crippen LogP contribution in [0.15, 0.2) is 17.1 Å². The summed E-state index contributed by atoms with van der Waals surface area (Å²) in [7, 11) is 0. The molecule has 0 radical (unpaired) electrons. The summed E-state index contributed by atoms with van der Waals surface area (Å²) in [5, 5.41) is 3.85. The molecule has 0 spiro atoms. The SMILES string of the molecule is C1=C\CCCC(C2CCCCC/C=N\CCN2)CCCCC/1. The second-order valence-corrected chi connectivity index (χ2v) is 7.09. The van der Waals surface area contributed by atoms with Crippen molar-refractivity contribution < 1.29 is 0 Å². The van der Waals surface area contributed by atoms with Crippen LogP contribution in [0.2, 0.25) is 0 Å². The highest BCUT2D eigenvalue weighted by Crippen LogP contribution is 2.25. The second-order valence-electron chi connectivity index (χ2n) is 7.09. The second kappa shape index (κ2) is 11.9. The van der Waals surface area contributed by atoms with E-state index < -0.39 is 0 Å². The summed E-state index contributed by atoms with van der Waals surface area (Å²) in [4.78, 5) is 4.53. The number of hydrogen-bond donors (Lipinski definition) is 1. The van der Waals surface area contributed by atoms with Gasteiger partial charge in [-0.3, -0.25) is 4.99 Å². The van der Waals surface area contributed by atoms with E-state index in [9.17, 15) is 0 Å². The molecule has 0 bridgehead atoms. The van der Waals surface area contributed by atoms with Crippen molar-refractivity contribution in [3.05, 3.63) is 12.2 Å². The smallest absolute Gasteiger partial charge is 0.0510 e. The molecule has 1 aliphatic heterocycles. The number of allylic oxidation sites excluding steroid dienone is 2.